The molecule has 0 amide bonds. The molecule has 1 N–H and O–H groups in total. The van der Waals surface area contributed by atoms with Crippen molar-refractivity contribution in [2.45, 2.75) is 25.0 Å². The number of hydrogen-bond acceptors (Lipinski definition) is 4. The van der Waals surface area contributed by atoms with Crippen molar-refractivity contribution in [3.05, 3.63) is 20.8 Å². The topological polar surface area (TPSA) is 71.4 Å². The van der Waals surface area contributed by atoms with Crippen LogP contribution in [0.1, 0.15) is 24.1 Å². The lowest BCUT2D eigenvalue weighted by atomic mass is 10.1. The molecule has 100 valence electrons. The standard InChI is InChI=1S/C11H13BrO4S2/c12-9-2-1-8(17-9)6-18(15,16)7-11(3-4-11)5-10(13)14/h1-2H,3-7H2,(H,13,14). The van der Waals surface area contributed by atoms with Crippen molar-refractivity contribution < 1.29 is 18.3 Å². The van der Waals surface area contributed by atoms with Gasteiger partial charge in [-0.3, -0.25) is 4.79 Å². The highest BCUT2D eigenvalue weighted by molar-refractivity contribution is 9.11. The molecule has 0 aromatic carbocycles. The fraction of sp³-hybridized carbons (Fsp3) is 0.545. The third-order valence-corrected chi connectivity index (χ3v) is 6.61. The fourth-order valence-corrected chi connectivity index (χ4v) is 6.04. The Labute approximate surface area is 118 Å². The molecule has 1 aliphatic carbocycles. The highest BCUT2D eigenvalue weighted by Gasteiger charge is 2.47. The van der Waals surface area contributed by atoms with Crippen LogP contribution in [-0.4, -0.2) is 25.2 Å². The lowest BCUT2D eigenvalue weighted by molar-refractivity contribution is -0.138. The Balaban J connectivity index is 2.02. The van der Waals surface area contributed by atoms with Crippen molar-refractivity contribution in [1.29, 1.82) is 0 Å². The van der Waals surface area contributed by atoms with Gasteiger partial charge in [-0.25, -0.2) is 8.42 Å². The number of carboxylic acids is 1. The molecule has 1 fully saturated rings. The molecule has 2 rings (SSSR count). The maximum absolute atomic E-state index is 12.0. The van der Waals surface area contributed by atoms with Gasteiger partial charge in [0.2, 0.25) is 0 Å². The Bertz CT molecular complexity index is 557. The molecular formula is C11H13BrO4S2. The predicted octanol–water partition coefficient (Wildman–Crippen LogP) is 2.68. The predicted molar refractivity (Wildman–Crippen MR) is 73.4 cm³/mol. The molecular weight excluding hydrogens is 340 g/mol. The van der Waals surface area contributed by atoms with Crippen LogP contribution in [0.3, 0.4) is 0 Å². The van der Waals surface area contributed by atoms with Gasteiger partial charge in [0.25, 0.3) is 0 Å². The Hall–Kier alpha value is -0.400. The lowest BCUT2D eigenvalue weighted by Gasteiger charge is -2.12. The summed E-state index contributed by atoms with van der Waals surface area (Å²) in [6, 6.07) is 3.60. The summed E-state index contributed by atoms with van der Waals surface area (Å²) in [5.74, 6) is -0.923. The van der Waals surface area contributed by atoms with Crippen molar-refractivity contribution in [3.63, 3.8) is 0 Å². The smallest absolute Gasteiger partial charge is 0.303 e. The largest absolute Gasteiger partial charge is 0.481 e. The second-order valence-corrected chi connectivity index (χ2v) is 9.42. The van der Waals surface area contributed by atoms with Crippen molar-refractivity contribution in [2.24, 2.45) is 5.41 Å². The summed E-state index contributed by atoms with van der Waals surface area (Å²) in [5.41, 5.74) is -0.501. The number of carboxylic acid groups (broad SMARTS) is 1. The van der Waals surface area contributed by atoms with E-state index in [0.717, 1.165) is 8.66 Å². The van der Waals surface area contributed by atoms with E-state index in [-0.39, 0.29) is 17.9 Å². The summed E-state index contributed by atoms with van der Waals surface area (Å²) < 4.78 is 25.0. The van der Waals surface area contributed by atoms with Gasteiger partial charge in [0, 0.05) is 4.88 Å². The molecule has 4 nitrogen and oxygen atoms in total. The third-order valence-electron chi connectivity index (χ3n) is 3.00. The monoisotopic (exact) mass is 352 g/mol. The Kier molecular flexibility index (Phi) is 3.85. The van der Waals surface area contributed by atoms with Gasteiger partial charge >= 0.3 is 5.97 Å². The van der Waals surface area contributed by atoms with Gasteiger partial charge in [0.1, 0.15) is 0 Å². The van der Waals surface area contributed by atoms with Gasteiger partial charge in [-0.1, -0.05) is 0 Å². The van der Waals surface area contributed by atoms with Gasteiger partial charge in [0.05, 0.1) is 21.7 Å². The molecule has 0 atom stereocenters. The zero-order valence-corrected chi connectivity index (χ0v) is 12.8. The molecule has 1 heterocycles. The van der Waals surface area contributed by atoms with Crippen LogP contribution in [0.4, 0.5) is 0 Å². The van der Waals surface area contributed by atoms with Crippen LogP contribution >= 0.6 is 27.3 Å². The fourth-order valence-electron chi connectivity index (χ4n) is 2.03. The van der Waals surface area contributed by atoms with Crippen LogP contribution in [0.5, 0.6) is 0 Å². The summed E-state index contributed by atoms with van der Waals surface area (Å²) in [5, 5.41) is 8.78. The first kappa shape index (κ1) is 14.0. The van der Waals surface area contributed by atoms with Crippen LogP contribution in [0, 0.1) is 5.41 Å². The summed E-state index contributed by atoms with van der Waals surface area (Å²) >= 11 is 4.69. The summed E-state index contributed by atoms with van der Waals surface area (Å²) in [4.78, 5) is 11.5. The van der Waals surface area contributed by atoms with Gasteiger partial charge in [-0.2, -0.15) is 0 Å². The quantitative estimate of drug-likeness (QED) is 0.854. The molecule has 0 unspecified atom stereocenters. The number of thiophene rings is 1. The van der Waals surface area contributed by atoms with Gasteiger partial charge in [-0.15, -0.1) is 11.3 Å². The third kappa shape index (κ3) is 3.80. The Morgan fingerprint density at radius 2 is 2.11 bits per heavy atom. The summed E-state index contributed by atoms with van der Waals surface area (Å²) in [6.45, 7) is 0. The van der Waals surface area contributed by atoms with Crippen molar-refractivity contribution >= 4 is 43.1 Å². The van der Waals surface area contributed by atoms with E-state index in [1.54, 1.807) is 6.07 Å². The minimum absolute atomic E-state index is 0.00460. The number of carbonyl (C=O) groups is 1. The average molecular weight is 353 g/mol. The number of hydrogen-bond donors (Lipinski definition) is 1. The average Bonchev–Trinajstić information content (AvgIpc) is 2.78. The van der Waals surface area contributed by atoms with Crippen LogP contribution in [0.2, 0.25) is 0 Å². The van der Waals surface area contributed by atoms with Crippen molar-refractivity contribution in [1.82, 2.24) is 0 Å². The van der Waals surface area contributed by atoms with Gasteiger partial charge < -0.3 is 5.11 Å². The Morgan fingerprint density at radius 1 is 1.44 bits per heavy atom. The molecule has 1 aliphatic rings. The van der Waals surface area contributed by atoms with Gasteiger partial charge in [-0.05, 0) is 46.3 Å². The van der Waals surface area contributed by atoms with E-state index in [4.69, 9.17) is 5.11 Å². The van der Waals surface area contributed by atoms with Crippen LogP contribution < -0.4 is 0 Å². The highest BCUT2D eigenvalue weighted by Crippen LogP contribution is 2.50. The molecule has 7 heteroatoms. The number of rotatable bonds is 6. The zero-order chi connectivity index (χ0) is 13.4. The molecule has 1 aromatic heterocycles. The first-order valence-electron chi connectivity index (χ1n) is 5.47. The molecule has 0 saturated heterocycles. The first-order chi connectivity index (χ1) is 8.30. The van der Waals surface area contributed by atoms with Crippen LogP contribution in [0.25, 0.3) is 0 Å². The maximum atomic E-state index is 12.0. The van der Waals surface area contributed by atoms with Crippen molar-refractivity contribution in [3.8, 4) is 0 Å². The molecule has 18 heavy (non-hydrogen) atoms. The number of sulfone groups is 1. The minimum atomic E-state index is -3.24. The van der Waals surface area contributed by atoms with Crippen molar-refractivity contribution in [2.75, 3.05) is 5.75 Å². The highest BCUT2D eigenvalue weighted by atomic mass is 79.9. The first-order valence-corrected chi connectivity index (χ1v) is 8.90. The van der Waals surface area contributed by atoms with E-state index in [9.17, 15) is 13.2 Å². The second-order valence-electron chi connectivity index (χ2n) is 4.81. The normalized spacial score (nSPS) is 17.6. The number of aliphatic carboxylic acids is 1. The number of halogens is 1. The second kappa shape index (κ2) is 4.94. The Morgan fingerprint density at radius 3 is 2.56 bits per heavy atom. The van der Waals surface area contributed by atoms with Crippen LogP contribution in [-0.2, 0) is 20.4 Å². The molecule has 0 radical (unpaired) electrons. The molecule has 0 aliphatic heterocycles. The van der Waals surface area contributed by atoms with E-state index >= 15 is 0 Å². The van der Waals surface area contributed by atoms with E-state index < -0.39 is 21.2 Å². The van der Waals surface area contributed by atoms with E-state index in [0.29, 0.717) is 12.8 Å². The SMILES string of the molecule is O=C(O)CC1(CS(=O)(=O)Cc2ccc(Br)s2)CC1. The van der Waals surface area contributed by atoms with E-state index in [1.165, 1.54) is 11.3 Å². The molecule has 0 spiro atoms. The van der Waals surface area contributed by atoms with E-state index in [2.05, 4.69) is 15.9 Å². The minimum Gasteiger partial charge on any atom is -0.481 e. The maximum Gasteiger partial charge on any atom is 0.303 e. The lowest BCUT2D eigenvalue weighted by Crippen LogP contribution is -2.21. The van der Waals surface area contributed by atoms with Gasteiger partial charge in [0.15, 0.2) is 9.84 Å². The zero-order valence-electron chi connectivity index (χ0n) is 9.56. The molecule has 0 bridgehead atoms. The van der Waals surface area contributed by atoms with E-state index in [1.807, 2.05) is 6.07 Å². The van der Waals surface area contributed by atoms with Crippen LogP contribution in [0.15, 0.2) is 15.9 Å². The molecule has 1 aromatic rings. The summed E-state index contributed by atoms with van der Waals surface area (Å²) in [6.07, 6.45) is 1.36. The molecule has 1 saturated carbocycles. The summed E-state index contributed by atoms with van der Waals surface area (Å²) in [7, 11) is -3.24.